The average Bonchev–Trinajstić information content (AvgIpc) is 2.36. The van der Waals surface area contributed by atoms with Crippen molar-refractivity contribution in [2.75, 3.05) is 6.54 Å². The lowest BCUT2D eigenvalue weighted by Gasteiger charge is -2.27. The van der Waals surface area contributed by atoms with Crippen LogP contribution >= 0.6 is 0 Å². The first-order valence-corrected chi connectivity index (χ1v) is 8.18. The topological polar surface area (TPSA) is 12.0 Å². The Morgan fingerprint density at radius 3 is 2.40 bits per heavy atom. The number of aryl methyl sites for hydroxylation is 1. The van der Waals surface area contributed by atoms with E-state index in [9.17, 15) is 0 Å². The summed E-state index contributed by atoms with van der Waals surface area (Å²) in [7, 11) is 0. The molecular formula is C19H33N. The smallest absolute Gasteiger partial charge is 0.0322 e. The third kappa shape index (κ3) is 6.09. The Balaban J connectivity index is 2.77. The second-order valence-electron chi connectivity index (χ2n) is 7.31. The predicted octanol–water partition coefficient (Wildman–Crippen LogP) is 5.36. The summed E-state index contributed by atoms with van der Waals surface area (Å²) >= 11 is 0. The molecule has 2 atom stereocenters. The van der Waals surface area contributed by atoms with Crippen molar-refractivity contribution < 1.29 is 0 Å². The normalized spacial score (nSPS) is 15.1. The Morgan fingerprint density at radius 2 is 1.85 bits per heavy atom. The Labute approximate surface area is 126 Å². The number of hydrogen-bond donors (Lipinski definition) is 1. The van der Waals surface area contributed by atoms with Gasteiger partial charge in [-0.15, -0.1) is 0 Å². The number of rotatable bonds is 7. The Kier molecular flexibility index (Phi) is 6.75. The Hall–Kier alpha value is -0.820. The van der Waals surface area contributed by atoms with Crippen LogP contribution in [0.4, 0.5) is 0 Å². The van der Waals surface area contributed by atoms with Crippen LogP contribution < -0.4 is 5.32 Å². The van der Waals surface area contributed by atoms with Crippen molar-refractivity contribution in [3.63, 3.8) is 0 Å². The van der Waals surface area contributed by atoms with Gasteiger partial charge < -0.3 is 5.32 Å². The minimum absolute atomic E-state index is 0.418. The molecule has 1 N–H and O–H groups in total. The van der Waals surface area contributed by atoms with Gasteiger partial charge in [0.15, 0.2) is 0 Å². The standard InChI is InChI=1S/C19H33N/c1-7-16-10-9-11-17(13-16)18(20-8-2)12-15(3)14-19(4,5)6/h9-11,13,15,18,20H,7-8,12,14H2,1-6H3. The van der Waals surface area contributed by atoms with Crippen molar-refractivity contribution in [2.24, 2.45) is 11.3 Å². The van der Waals surface area contributed by atoms with Crippen LogP contribution in [0, 0.1) is 11.3 Å². The molecule has 0 aliphatic carbocycles. The minimum Gasteiger partial charge on any atom is -0.310 e. The largest absolute Gasteiger partial charge is 0.310 e. The van der Waals surface area contributed by atoms with Gasteiger partial charge in [0.1, 0.15) is 0 Å². The number of benzene rings is 1. The molecule has 0 aromatic heterocycles. The van der Waals surface area contributed by atoms with Crippen molar-refractivity contribution in [1.29, 1.82) is 0 Å². The van der Waals surface area contributed by atoms with Gasteiger partial charge in [-0.2, -0.15) is 0 Å². The van der Waals surface area contributed by atoms with Gasteiger partial charge in [0, 0.05) is 6.04 Å². The quantitative estimate of drug-likeness (QED) is 0.706. The van der Waals surface area contributed by atoms with Crippen LogP contribution in [0.25, 0.3) is 0 Å². The first-order valence-electron chi connectivity index (χ1n) is 8.18. The summed E-state index contributed by atoms with van der Waals surface area (Å²) in [4.78, 5) is 0. The lowest BCUT2D eigenvalue weighted by atomic mass is 9.82. The molecule has 0 saturated heterocycles. The van der Waals surface area contributed by atoms with E-state index in [-0.39, 0.29) is 0 Å². The molecule has 1 heteroatoms. The lowest BCUT2D eigenvalue weighted by molar-refractivity contribution is 0.276. The van der Waals surface area contributed by atoms with Crippen molar-refractivity contribution in [2.45, 2.75) is 66.8 Å². The highest BCUT2D eigenvalue weighted by atomic mass is 14.9. The molecule has 0 saturated carbocycles. The van der Waals surface area contributed by atoms with E-state index in [0.717, 1.165) is 18.9 Å². The lowest BCUT2D eigenvalue weighted by Crippen LogP contribution is -2.24. The van der Waals surface area contributed by atoms with E-state index in [1.54, 1.807) is 0 Å². The molecule has 20 heavy (non-hydrogen) atoms. The van der Waals surface area contributed by atoms with E-state index < -0.39 is 0 Å². The highest BCUT2D eigenvalue weighted by Crippen LogP contribution is 2.30. The number of nitrogens with one attached hydrogen (secondary N) is 1. The van der Waals surface area contributed by atoms with Gasteiger partial charge in [0.05, 0.1) is 0 Å². The van der Waals surface area contributed by atoms with Gasteiger partial charge >= 0.3 is 0 Å². The maximum atomic E-state index is 3.67. The highest BCUT2D eigenvalue weighted by molar-refractivity contribution is 5.26. The second kappa shape index (κ2) is 7.83. The Bertz CT molecular complexity index is 389. The summed E-state index contributed by atoms with van der Waals surface area (Å²) in [5, 5.41) is 3.67. The summed E-state index contributed by atoms with van der Waals surface area (Å²) in [6, 6.07) is 9.56. The molecule has 1 aromatic rings. The van der Waals surface area contributed by atoms with Gasteiger partial charge in [-0.1, -0.05) is 65.8 Å². The summed E-state index contributed by atoms with van der Waals surface area (Å²) in [5.74, 6) is 0.740. The van der Waals surface area contributed by atoms with E-state index in [2.05, 4.69) is 71.1 Å². The van der Waals surface area contributed by atoms with Gasteiger partial charge in [-0.05, 0) is 48.3 Å². The third-order valence-electron chi connectivity index (χ3n) is 3.81. The summed E-state index contributed by atoms with van der Waals surface area (Å²) in [6.07, 6.45) is 3.62. The highest BCUT2D eigenvalue weighted by Gasteiger charge is 2.19. The molecule has 1 nitrogen and oxygen atoms in total. The molecule has 0 spiro atoms. The van der Waals surface area contributed by atoms with Crippen molar-refractivity contribution in [3.8, 4) is 0 Å². The van der Waals surface area contributed by atoms with Crippen LogP contribution in [0.15, 0.2) is 24.3 Å². The zero-order chi connectivity index (χ0) is 15.2. The van der Waals surface area contributed by atoms with Gasteiger partial charge in [0.25, 0.3) is 0 Å². The molecule has 114 valence electrons. The first-order chi connectivity index (χ1) is 9.35. The molecule has 1 aromatic carbocycles. The maximum absolute atomic E-state index is 3.67. The van der Waals surface area contributed by atoms with Crippen LogP contribution in [-0.2, 0) is 6.42 Å². The molecular weight excluding hydrogens is 242 g/mol. The molecule has 0 radical (unpaired) electrons. The third-order valence-corrected chi connectivity index (χ3v) is 3.81. The van der Waals surface area contributed by atoms with Crippen molar-refractivity contribution in [3.05, 3.63) is 35.4 Å². The molecule has 0 bridgehead atoms. The molecule has 0 amide bonds. The van der Waals surface area contributed by atoms with Crippen LogP contribution in [-0.4, -0.2) is 6.54 Å². The molecule has 2 unspecified atom stereocenters. The predicted molar refractivity (Wildman–Crippen MR) is 90.1 cm³/mol. The average molecular weight is 275 g/mol. The van der Waals surface area contributed by atoms with E-state index in [0.29, 0.717) is 11.5 Å². The second-order valence-corrected chi connectivity index (χ2v) is 7.31. The van der Waals surface area contributed by atoms with Crippen LogP contribution in [0.1, 0.15) is 71.6 Å². The number of hydrogen-bond acceptors (Lipinski definition) is 1. The monoisotopic (exact) mass is 275 g/mol. The summed E-state index contributed by atoms with van der Waals surface area (Å²) in [6.45, 7) is 14.9. The van der Waals surface area contributed by atoms with Gasteiger partial charge in [-0.3, -0.25) is 0 Å². The maximum Gasteiger partial charge on any atom is 0.0322 e. The van der Waals surface area contributed by atoms with Crippen LogP contribution in [0.3, 0.4) is 0 Å². The fraction of sp³-hybridized carbons (Fsp3) is 0.684. The fourth-order valence-corrected chi connectivity index (χ4v) is 3.14. The Morgan fingerprint density at radius 1 is 1.15 bits per heavy atom. The van der Waals surface area contributed by atoms with Crippen LogP contribution in [0.2, 0.25) is 0 Å². The van der Waals surface area contributed by atoms with E-state index >= 15 is 0 Å². The zero-order valence-electron chi connectivity index (χ0n) is 14.3. The van der Waals surface area contributed by atoms with E-state index in [1.165, 1.54) is 24.0 Å². The summed E-state index contributed by atoms with van der Waals surface area (Å²) < 4.78 is 0. The zero-order valence-corrected chi connectivity index (χ0v) is 14.3. The molecule has 1 rings (SSSR count). The molecule has 0 fully saturated rings. The first kappa shape index (κ1) is 17.2. The van der Waals surface area contributed by atoms with Crippen molar-refractivity contribution in [1.82, 2.24) is 5.32 Å². The SMILES string of the molecule is CCNC(CC(C)CC(C)(C)C)c1cccc(CC)c1. The summed E-state index contributed by atoms with van der Waals surface area (Å²) in [5.41, 5.74) is 3.31. The van der Waals surface area contributed by atoms with E-state index in [1.807, 2.05) is 0 Å². The fourth-order valence-electron chi connectivity index (χ4n) is 3.14. The molecule has 0 aliphatic rings. The van der Waals surface area contributed by atoms with Crippen molar-refractivity contribution >= 4 is 0 Å². The van der Waals surface area contributed by atoms with Gasteiger partial charge in [0.2, 0.25) is 0 Å². The van der Waals surface area contributed by atoms with Gasteiger partial charge in [-0.25, -0.2) is 0 Å². The van der Waals surface area contributed by atoms with E-state index in [4.69, 9.17) is 0 Å². The molecule has 0 heterocycles. The molecule has 0 aliphatic heterocycles. The minimum atomic E-state index is 0.418. The van der Waals surface area contributed by atoms with Crippen LogP contribution in [0.5, 0.6) is 0 Å².